The number of aromatic nitrogens is 1. The second kappa shape index (κ2) is 5.76. The molecule has 3 nitrogen and oxygen atoms in total. The summed E-state index contributed by atoms with van der Waals surface area (Å²) in [4.78, 5) is 0. The molecule has 2 aromatic rings. The third kappa shape index (κ3) is 2.67. The highest BCUT2D eigenvalue weighted by molar-refractivity contribution is 5.84. The van der Waals surface area contributed by atoms with Crippen LogP contribution >= 0.6 is 0 Å². The first-order valence-electron chi connectivity index (χ1n) is 7.14. The maximum atomic E-state index is 9.18. The van der Waals surface area contributed by atoms with E-state index in [0.717, 1.165) is 39.0 Å². The molecule has 2 heterocycles. The van der Waals surface area contributed by atoms with E-state index in [1.807, 2.05) is 0 Å². The van der Waals surface area contributed by atoms with Gasteiger partial charge in [-0.1, -0.05) is 18.2 Å². The Morgan fingerprint density at radius 2 is 2.00 bits per heavy atom. The van der Waals surface area contributed by atoms with Crippen molar-refractivity contribution in [1.29, 1.82) is 0 Å². The fourth-order valence-corrected chi connectivity index (χ4v) is 3.00. The minimum atomic E-state index is 0.214. The van der Waals surface area contributed by atoms with Crippen LogP contribution in [0.1, 0.15) is 18.4 Å². The van der Waals surface area contributed by atoms with Gasteiger partial charge in [0.25, 0.3) is 0 Å². The van der Waals surface area contributed by atoms with Crippen LogP contribution in [-0.4, -0.2) is 29.5 Å². The van der Waals surface area contributed by atoms with Gasteiger partial charge >= 0.3 is 0 Å². The number of para-hydroxylation sites is 1. The Morgan fingerprint density at radius 3 is 2.79 bits per heavy atom. The average Bonchev–Trinajstić information content (AvgIpc) is 2.79. The lowest BCUT2D eigenvalue weighted by molar-refractivity contribution is 0.0616. The Bertz CT molecular complexity index is 541. The number of fused-ring (bicyclic) bond motifs is 1. The highest BCUT2D eigenvalue weighted by Gasteiger charge is 2.16. The van der Waals surface area contributed by atoms with Crippen molar-refractivity contribution in [3.05, 3.63) is 36.0 Å². The van der Waals surface area contributed by atoms with Crippen LogP contribution in [0, 0.1) is 5.92 Å². The van der Waals surface area contributed by atoms with Crippen molar-refractivity contribution >= 4 is 10.9 Å². The van der Waals surface area contributed by atoms with Crippen molar-refractivity contribution in [2.24, 2.45) is 5.92 Å². The Hall–Kier alpha value is -1.32. The van der Waals surface area contributed by atoms with Gasteiger partial charge in [0.1, 0.15) is 0 Å². The third-order valence-corrected chi connectivity index (χ3v) is 4.05. The fraction of sp³-hybridized carbons (Fsp3) is 0.500. The topological polar surface area (TPSA) is 34.4 Å². The van der Waals surface area contributed by atoms with Crippen molar-refractivity contribution in [2.75, 3.05) is 19.8 Å². The van der Waals surface area contributed by atoms with Crippen molar-refractivity contribution in [2.45, 2.75) is 25.8 Å². The van der Waals surface area contributed by atoms with Crippen LogP contribution in [-0.2, 0) is 17.7 Å². The van der Waals surface area contributed by atoms with Gasteiger partial charge in [0.15, 0.2) is 0 Å². The molecule has 1 aromatic carbocycles. The number of nitrogens with zero attached hydrogens (tertiary/aromatic N) is 1. The molecule has 1 aliphatic heterocycles. The molecule has 0 spiro atoms. The molecule has 3 rings (SSSR count). The van der Waals surface area contributed by atoms with Crippen molar-refractivity contribution in [3.63, 3.8) is 0 Å². The van der Waals surface area contributed by atoms with E-state index in [9.17, 15) is 5.11 Å². The summed E-state index contributed by atoms with van der Waals surface area (Å²) in [7, 11) is 0. The fourth-order valence-electron chi connectivity index (χ4n) is 3.00. The highest BCUT2D eigenvalue weighted by Crippen LogP contribution is 2.25. The molecular weight excluding hydrogens is 238 g/mol. The summed E-state index contributed by atoms with van der Waals surface area (Å²) in [5, 5.41) is 10.5. The van der Waals surface area contributed by atoms with Crippen LogP contribution in [0.3, 0.4) is 0 Å². The van der Waals surface area contributed by atoms with Crippen LogP contribution in [0.2, 0.25) is 0 Å². The number of hydrogen-bond donors (Lipinski definition) is 1. The number of ether oxygens (including phenoxy) is 1. The molecule has 1 N–H and O–H groups in total. The summed E-state index contributed by atoms with van der Waals surface area (Å²) in [5.41, 5.74) is 2.54. The molecule has 0 bridgehead atoms. The standard InChI is InChI=1S/C16H21NO2/c18-8-5-14-12-17(11-13-6-9-19-10-7-13)16-4-2-1-3-15(14)16/h1-4,12-13,18H,5-11H2. The molecule has 0 aliphatic carbocycles. The van der Waals surface area contributed by atoms with E-state index >= 15 is 0 Å². The van der Waals surface area contributed by atoms with E-state index in [-0.39, 0.29) is 6.61 Å². The summed E-state index contributed by atoms with van der Waals surface area (Å²) in [6.45, 7) is 3.07. The molecule has 19 heavy (non-hydrogen) atoms. The smallest absolute Gasteiger partial charge is 0.0483 e. The van der Waals surface area contributed by atoms with Gasteiger partial charge < -0.3 is 14.4 Å². The molecule has 0 radical (unpaired) electrons. The summed E-state index contributed by atoms with van der Waals surface area (Å²) in [6, 6.07) is 8.49. The van der Waals surface area contributed by atoms with Crippen LogP contribution in [0.15, 0.2) is 30.5 Å². The van der Waals surface area contributed by atoms with Gasteiger partial charge in [-0.2, -0.15) is 0 Å². The molecule has 3 heteroatoms. The average molecular weight is 259 g/mol. The van der Waals surface area contributed by atoms with Gasteiger partial charge in [0.2, 0.25) is 0 Å². The first-order chi connectivity index (χ1) is 9.38. The molecule has 1 saturated heterocycles. The zero-order valence-corrected chi connectivity index (χ0v) is 11.2. The van der Waals surface area contributed by atoms with Crippen molar-refractivity contribution in [3.8, 4) is 0 Å². The van der Waals surface area contributed by atoms with Crippen LogP contribution in [0.4, 0.5) is 0 Å². The molecule has 0 amide bonds. The Morgan fingerprint density at radius 1 is 1.21 bits per heavy atom. The molecule has 1 fully saturated rings. The van der Waals surface area contributed by atoms with Crippen LogP contribution in [0.5, 0.6) is 0 Å². The second-order valence-corrected chi connectivity index (χ2v) is 5.35. The minimum absolute atomic E-state index is 0.214. The number of aliphatic hydroxyl groups excluding tert-OH is 1. The number of benzene rings is 1. The predicted molar refractivity (Wildman–Crippen MR) is 76.3 cm³/mol. The van der Waals surface area contributed by atoms with Gasteiger partial charge in [-0.05, 0) is 36.8 Å². The van der Waals surface area contributed by atoms with E-state index in [0.29, 0.717) is 5.92 Å². The van der Waals surface area contributed by atoms with Crippen molar-refractivity contribution < 1.29 is 9.84 Å². The maximum Gasteiger partial charge on any atom is 0.0483 e. The lowest BCUT2D eigenvalue weighted by Crippen LogP contribution is -2.20. The van der Waals surface area contributed by atoms with Gasteiger partial charge in [-0.25, -0.2) is 0 Å². The highest BCUT2D eigenvalue weighted by atomic mass is 16.5. The monoisotopic (exact) mass is 259 g/mol. The van der Waals surface area contributed by atoms with Crippen LogP contribution < -0.4 is 0 Å². The SMILES string of the molecule is OCCc1cn(CC2CCOCC2)c2ccccc12. The second-order valence-electron chi connectivity index (χ2n) is 5.35. The van der Waals surface area contributed by atoms with E-state index in [4.69, 9.17) is 4.74 Å². The first kappa shape index (κ1) is 12.7. The normalized spacial score (nSPS) is 17.1. The van der Waals surface area contributed by atoms with E-state index in [1.54, 1.807) is 0 Å². The molecule has 0 unspecified atom stereocenters. The lowest BCUT2D eigenvalue weighted by atomic mass is 10.0. The van der Waals surface area contributed by atoms with Crippen LogP contribution in [0.25, 0.3) is 10.9 Å². The van der Waals surface area contributed by atoms with Crippen molar-refractivity contribution in [1.82, 2.24) is 4.57 Å². The first-order valence-corrected chi connectivity index (χ1v) is 7.14. The van der Waals surface area contributed by atoms with Gasteiger partial charge in [-0.15, -0.1) is 0 Å². The van der Waals surface area contributed by atoms with Gasteiger partial charge in [0.05, 0.1) is 0 Å². The Balaban J connectivity index is 1.89. The molecule has 1 aliphatic rings. The van der Waals surface area contributed by atoms with Gasteiger partial charge in [-0.3, -0.25) is 0 Å². The van der Waals surface area contributed by atoms with E-state index in [2.05, 4.69) is 35.0 Å². The summed E-state index contributed by atoms with van der Waals surface area (Å²) >= 11 is 0. The van der Waals surface area contributed by atoms with E-state index in [1.165, 1.54) is 16.5 Å². The maximum absolute atomic E-state index is 9.18. The minimum Gasteiger partial charge on any atom is -0.396 e. The summed E-state index contributed by atoms with van der Waals surface area (Å²) in [5.74, 6) is 0.714. The molecule has 102 valence electrons. The Labute approximate surface area is 113 Å². The molecule has 0 atom stereocenters. The van der Waals surface area contributed by atoms with E-state index < -0.39 is 0 Å². The zero-order valence-electron chi connectivity index (χ0n) is 11.2. The summed E-state index contributed by atoms with van der Waals surface area (Å²) in [6.07, 6.45) is 5.27. The lowest BCUT2D eigenvalue weighted by Gasteiger charge is -2.22. The molecule has 1 aromatic heterocycles. The summed E-state index contributed by atoms with van der Waals surface area (Å²) < 4.78 is 7.78. The zero-order chi connectivity index (χ0) is 13.1. The molecular formula is C16H21NO2. The number of rotatable bonds is 4. The number of hydrogen-bond acceptors (Lipinski definition) is 2. The third-order valence-electron chi connectivity index (χ3n) is 4.05. The predicted octanol–water partition coefficient (Wildman–Crippen LogP) is 2.60. The quantitative estimate of drug-likeness (QED) is 0.916. The number of aliphatic hydroxyl groups is 1. The molecule has 0 saturated carbocycles. The largest absolute Gasteiger partial charge is 0.396 e. The Kier molecular flexibility index (Phi) is 3.85. The van der Waals surface area contributed by atoms with Gasteiger partial charge in [0, 0.05) is 43.5 Å².